The Morgan fingerprint density at radius 1 is 1.25 bits per heavy atom. The molecule has 0 saturated heterocycles. The molecule has 1 amide bonds. The maximum atomic E-state index is 12.4. The second kappa shape index (κ2) is 8.70. The smallest absolute Gasteiger partial charge is 0.254 e. The average molecular weight is 324 g/mol. The molecule has 0 saturated carbocycles. The van der Waals surface area contributed by atoms with Crippen LogP contribution < -0.4 is 4.74 Å². The molecule has 0 aliphatic rings. The SMILES string of the molecule is CCN(CCO)C(=O)c1cccc(OCc2ccccc2C#N)c1. The van der Waals surface area contributed by atoms with E-state index in [4.69, 9.17) is 15.1 Å². The molecule has 0 radical (unpaired) electrons. The van der Waals surface area contributed by atoms with Gasteiger partial charge in [-0.25, -0.2) is 0 Å². The van der Waals surface area contributed by atoms with Crippen LogP contribution in [0.5, 0.6) is 5.75 Å². The van der Waals surface area contributed by atoms with Crippen LogP contribution in [0.25, 0.3) is 0 Å². The zero-order chi connectivity index (χ0) is 17.4. The van der Waals surface area contributed by atoms with Crippen LogP contribution in [-0.2, 0) is 6.61 Å². The summed E-state index contributed by atoms with van der Waals surface area (Å²) in [4.78, 5) is 14.0. The predicted molar refractivity (Wildman–Crippen MR) is 90.6 cm³/mol. The Morgan fingerprint density at radius 2 is 2.04 bits per heavy atom. The number of aliphatic hydroxyl groups is 1. The molecule has 0 atom stereocenters. The molecule has 5 nitrogen and oxygen atoms in total. The highest BCUT2D eigenvalue weighted by atomic mass is 16.5. The monoisotopic (exact) mass is 324 g/mol. The Kier molecular flexibility index (Phi) is 6.35. The maximum Gasteiger partial charge on any atom is 0.254 e. The minimum atomic E-state index is -0.144. The van der Waals surface area contributed by atoms with Gasteiger partial charge in [-0.2, -0.15) is 5.26 Å². The van der Waals surface area contributed by atoms with Crippen molar-refractivity contribution in [3.63, 3.8) is 0 Å². The van der Waals surface area contributed by atoms with Crippen molar-refractivity contribution in [2.75, 3.05) is 19.7 Å². The quantitative estimate of drug-likeness (QED) is 0.849. The number of nitrogens with zero attached hydrogens (tertiary/aromatic N) is 2. The number of carbonyl (C=O) groups excluding carboxylic acids is 1. The van der Waals surface area contributed by atoms with Gasteiger partial charge in [0.1, 0.15) is 12.4 Å². The third kappa shape index (κ3) is 4.34. The van der Waals surface area contributed by atoms with Crippen LogP contribution >= 0.6 is 0 Å². The van der Waals surface area contributed by atoms with Gasteiger partial charge in [0.25, 0.3) is 5.91 Å². The minimum Gasteiger partial charge on any atom is -0.489 e. The first-order chi connectivity index (χ1) is 11.7. The molecule has 124 valence electrons. The van der Waals surface area contributed by atoms with E-state index in [1.807, 2.05) is 25.1 Å². The first kappa shape index (κ1) is 17.5. The van der Waals surface area contributed by atoms with Gasteiger partial charge in [0, 0.05) is 24.2 Å². The number of likely N-dealkylation sites (N-methyl/N-ethyl adjacent to an activating group) is 1. The number of ether oxygens (including phenoxy) is 1. The van der Waals surface area contributed by atoms with Gasteiger partial charge in [0.2, 0.25) is 0 Å². The molecule has 0 spiro atoms. The highest BCUT2D eigenvalue weighted by Gasteiger charge is 2.14. The highest BCUT2D eigenvalue weighted by molar-refractivity contribution is 5.94. The number of hydrogen-bond acceptors (Lipinski definition) is 4. The summed E-state index contributed by atoms with van der Waals surface area (Å²) in [5.41, 5.74) is 1.88. The van der Waals surface area contributed by atoms with E-state index in [1.165, 1.54) is 0 Å². The molecule has 0 unspecified atom stereocenters. The molecular formula is C19H20N2O3. The normalized spacial score (nSPS) is 10.0. The molecular weight excluding hydrogens is 304 g/mol. The van der Waals surface area contributed by atoms with E-state index in [-0.39, 0.29) is 19.1 Å². The van der Waals surface area contributed by atoms with Gasteiger partial charge >= 0.3 is 0 Å². The van der Waals surface area contributed by atoms with Gasteiger partial charge in [0.15, 0.2) is 0 Å². The minimum absolute atomic E-state index is 0.0687. The molecule has 0 heterocycles. The van der Waals surface area contributed by atoms with Crippen LogP contribution in [0.2, 0.25) is 0 Å². The zero-order valence-corrected chi connectivity index (χ0v) is 13.6. The summed E-state index contributed by atoms with van der Waals surface area (Å²) in [7, 11) is 0. The summed E-state index contributed by atoms with van der Waals surface area (Å²) in [6, 6.07) is 16.3. The van der Waals surface area contributed by atoms with E-state index >= 15 is 0 Å². The third-order valence-corrected chi connectivity index (χ3v) is 3.65. The first-order valence-electron chi connectivity index (χ1n) is 7.80. The van der Waals surface area contributed by atoms with Gasteiger partial charge < -0.3 is 14.7 Å². The van der Waals surface area contributed by atoms with Gasteiger partial charge in [-0.05, 0) is 31.2 Å². The van der Waals surface area contributed by atoms with Crippen LogP contribution in [0.1, 0.15) is 28.4 Å². The standard InChI is InChI=1S/C19H20N2O3/c1-2-21(10-11-22)19(23)15-8-5-9-18(12-15)24-14-17-7-4-3-6-16(17)13-20/h3-9,12,22H,2,10-11,14H2,1H3. The summed E-state index contributed by atoms with van der Waals surface area (Å²) in [6.07, 6.45) is 0. The number of rotatable bonds is 7. The molecule has 0 aliphatic heterocycles. The molecule has 1 N–H and O–H groups in total. The molecule has 0 fully saturated rings. The second-order valence-corrected chi connectivity index (χ2v) is 5.19. The lowest BCUT2D eigenvalue weighted by molar-refractivity contribution is 0.0731. The van der Waals surface area contributed by atoms with Crippen molar-refractivity contribution in [2.24, 2.45) is 0 Å². The summed E-state index contributed by atoms with van der Waals surface area (Å²) in [5, 5.41) is 18.1. The lowest BCUT2D eigenvalue weighted by Gasteiger charge is -2.20. The lowest BCUT2D eigenvalue weighted by atomic mass is 10.1. The first-order valence-corrected chi connectivity index (χ1v) is 7.80. The summed E-state index contributed by atoms with van der Waals surface area (Å²) >= 11 is 0. The number of carbonyl (C=O) groups is 1. The highest BCUT2D eigenvalue weighted by Crippen LogP contribution is 2.18. The van der Waals surface area contributed by atoms with E-state index in [0.29, 0.717) is 30.0 Å². The van der Waals surface area contributed by atoms with E-state index in [2.05, 4.69) is 6.07 Å². The Balaban J connectivity index is 2.10. The number of benzene rings is 2. The van der Waals surface area contributed by atoms with Crippen molar-refractivity contribution >= 4 is 5.91 Å². The van der Waals surface area contributed by atoms with Crippen molar-refractivity contribution in [2.45, 2.75) is 13.5 Å². The van der Waals surface area contributed by atoms with Crippen molar-refractivity contribution in [3.05, 3.63) is 65.2 Å². The molecule has 0 bridgehead atoms. The maximum absolute atomic E-state index is 12.4. The summed E-state index contributed by atoms with van der Waals surface area (Å²) < 4.78 is 5.73. The Labute approximate surface area is 141 Å². The van der Waals surface area contributed by atoms with E-state index in [9.17, 15) is 4.79 Å². The molecule has 5 heteroatoms. The van der Waals surface area contributed by atoms with Gasteiger partial charge in [-0.1, -0.05) is 24.3 Å². The summed E-state index contributed by atoms with van der Waals surface area (Å²) in [6.45, 7) is 2.89. The van der Waals surface area contributed by atoms with Gasteiger partial charge in [0.05, 0.1) is 18.2 Å². The van der Waals surface area contributed by atoms with E-state index < -0.39 is 0 Å². The Hall–Kier alpha value is -2.84. The van der Waals surface area contributed by atoms with Gasteiger partial charge in [-0.3, -0.25) is 4.79 Å². The largest absolute Gasteiger partial charge is 0.489 e. The number of nitriles is 1. The van der Waals surface area contributed by atoms with Crippen molar-refractivity contribution in [1.29, 1.82) is 5.26 Å². The second-order valence-electron chi connectivity index (χ2n) is 5.19. The van der Waals surface area contributed by atoms with Crippen LogP contribution in [-0.4, -0.2) is 35.6 Å². The Bertz CT molecular complexity index is 737. The molecule has 2 rings (SSSR count). The third-order valence-electron chi connectivity index (χ3n) is 3.65. The molecule has 24 heavy (non-hydrogen) atoms. The van der Waals surface area contributed by atoms with Crippen LogP contribution in [0, 0.1) is 11.3 Å². The topological polar surface area (TPSA) is 73.6 Å². The van der Waals surface area contributed by atoms with Crippen molar-refractivity contribution in [3.8, 4) is 11.8 Å². The molecule has 2 aromatic rings. The van der Waals surface area contributed by atoms with Crippen LogP contribution in [0.4, 0.5) is 0 Å². The van der Waals surface area contributed by atoms with Crippen molar-refractivity contribution < 1.29 is 14.6 Å². The fourth-order valence-electron chi connectivity index (χ4n) is 2.34. The van der Waals surface area contributed by atoms with Crippen LogP contribution in [0.15, 0.2) is 48.5 Å². The molecule has 0 aliphatic carbocycles. The number of hydrogen-bond donors (Lipinski definition) is 1. The zero-order valence-electron chi connectivity index (χ0n) is 13.6. The molecule has 0 aromatic heterocycles. The van der Waals surface area contributed by atoms with Crippen LogP contribution in [0.3, 0.4) is 0 Å². The van der Waals surface area contributed by atoms with E-state index in [1.54, 1.807) is 35.2 Å². The van der Waals surface area contributed by atoms with E-state index in [0.717, 1.165) is 5.56 Å². The predicted octanol–water partition coefficient (Wildman–Crippen LogP) is 2.59. The summed E-state index contributed by atoms with van der Waals surface area (Å²) in [5.74, 6) is 0.420. The lowest BCUT2D eigenvalue weighted by Crippen LogP contribution is -2.33. The number of amides is 1. The number of aliphatic hydroxyl groups excluding tert-OH is 1. The van der Waals surface area contributed by atoms with Gasteiger partial charge in [-0.15, -0.1) is 0 Å². The fraction of sp³-hybridized carbons (Fsp3) is 0.263. The molecule has 2 aromatic carbocycles. The van der Waals surface area contributed by atoms with Crippen molar-refractivity contribution in [1.82, 2.24) is 4.90 Å². The Morgan fingerprint density at radius 3 is 2.75 bits per heavy atom. The fourth-order valence-corrected chi connectivity index (χ4v) is 2.34. The average Bonchev–Trinajstić information content (AvgIpc) is 2.64.